The second-order valence-corrected chi connectivity index (χ2v) is 10.4. The zero-order valence-corrected chi connectivity index (χ0v) is 15.5. The monoisotopic (exact) mass is 318 g/mol. The van der Waals surface area contributed by atoms with E-state index in [-0.39, 0.29) is 11.0 Å². The third kappa shape index (κ3) is 7.61. The lowest BCUT2D eigenvalue weighted by atomic mass is 9.77. The molecule has 1 rings (SSSR count). The molecule has 1 saturated heterocycles. The molecule has 0 aliphatic carbocycles. The summed E-state index contributed by atoms with van der Waals surface area (Å²) in [5.74, 6) is 0.498. The normalized spacial score (nSPS) is 22.5. The first-order chi connectivity index (χ1) is 9.39. The van der Waals surface area contributed by atoms with E-state index in [2.05, 4.69) is 39.9 Å². The van der Waals surface area contributed by atoms with Crippen LogP contribution in [0.1, 0.15) is 60.3 Å². The minimum atomic E-state index is -3.03. The molecule has 21 heavy (non-hydrogen) atoms. The molecule has 0 radical (unpaired) electrons. The van der Waals surface area contributed by atoms with Crippen molar-refractivity contribution in [2.24, 2.45) is 11.3 Å². The third-order valence-electron chi connectivity index (χ3n) is 4.25. The fraction of sp³-hybridized carbons (Fsp3) is 1.00. The smallest absolute Gasteiger partial charge is 0.211 e. The average molecular weight is 319 g/mol. The Morgan fingerprint density at radius 2 is 1.81 bits per heavy atom. The highest BCUT2D eigenvalue weighted by Crippen LogP contribution is 2.33. The van der Waals surface area contributed by atoms with Crippen LogP contribution in [0.5, 0.6) is 0 Å². The third-order valence-corrected chi connectivity index (χ3v) is 5.52. The lowest BCUT2D eigenvalue weighted by Gasteiger charge is -2.36. The molecule has 0 aromatic rings. The molecule has 1 N–H and O–H groups in total. The molecule has 1 unspecified atom stereocenters. The van der Waals surface area contributed by atoms with E-state index < -0.39 is 10.0 Å². The Hall–Kier alpha value is -0.130. The highest BCUT2D eigenvalue weighted by molar-refractivity contribution is 7.88. The van der Waals surface area contributed by atoms with Gasteiger partial charge in [0.2, 0.25) is 10.0 Å². The van der Waals surface area contributed by atoms with Crippen molar-refractivity contribution in [3.63, 3.8) is 0 Å². The van der Waals surface area contributed by atoms with E-state index in [1.54, 1.807) is 4.31 Å². The Morgan fingerprint density at radius 3 is 2.33 bits per heavy atom. The summed E-state index contributed by atoms with van der Waals surface area (Å²) in [6.07, 6.45) is 5.70. The second-order valence-electron chi connectivity index (χ2n) is 8.42. The average Bonchev–Trinajstić information content (AvgIpc) is 2.25. The van der Waals surface area contributed by atoms with Crippen LogP contribution in [0.25, 0.3) is 0 Å². The van der Waals surface area contributed by atoms with Gasteiger partial charge in [0.25, 0.3) is 0 Å². The van der Waals surface area contributed by atoms with Crippen LogP contribution in [0.2, 0.25) is 0 Å². The van der Waals surface area contributed by atoms with Gasteiger partial charge >= 0.3 is 0 Å². The first-order valence-corrected chi connectivity index (χ1v) is 9.94. The number of nitrogens with one attached hydrogen (secondary N) is 1. The van der Waals surface area contributed by atoms with E-state index >= 15 is 0 Å². The fourth-order valence-electron chi connectivity index (χ4n) is 3.15. The molecule has 0 spiro atoms. The van der Waals surface area contributed by atoms with Crippen LogP contribution in [0.4, 0.5) is 0 Å². The zero-order valence-electron chi connectivity index (χ0n) is 14.7. The molecule has 5 heteroatoms. The Morgan fingerprint density at radius 1 is 1.19 bits per heavy atom. The maximum atomic E-state index is 11.7. The number of hydrogen-bond donors (Lipinski definition) is 1. The van der Waals surface area contributed by atoms with E-state index in [9.17, 15) is 8.42 Å². The predicted molar refractivity (Wildman–Crippen MR) is 89.9 cm³/mol. The maximum absolute atomic E-state index is 11.7. The van der Waals surface area contributed by atoms with Gasteiger partial charge in [-0.1, -0.05) is 13.8 Å². The van der Waals surface area contributed by atoms with Crippen molar-refractivity contribution in [3.05, 3.63) is 0 Å². The van der Waals surface area contributed by atoms with Crippen molar-refractivity contribution < 1.29 is 8.42 Å². The van der Waals surface area contributed by atoms with E-state index in [1.807, 2.05) is 0 Å². The number of nitrogens with zero attached hydrogens (tertiary/aromatic N) is 1. The lowest BCUT2D eigenvalue weighted by Crippen LogP contribution is -2.41. The van der Waals surface area contributed by atoms with E-state index in [1.165, 1.54) is 6.26 Å². The number of hydrogen-bond acceptors (Lipinski definition) is 3. The predicted octanol–water partition coefficient (Wildman–Crippen LogP) is 2.85. The minimum Gasteiger partial charge on any atom is -0.312 e. The summed E-state index contributed by atoms with van der Waals surface area (Å²) in [6.45, 7) is 13.6. The standard InChI is InChI=1S/C16H34N2O2S/c1-15(2,3)17-10-9-16(4,5)12-14-8-7-11-18(13-14)21(6,19)20/h14,17H,7-13H2,1-6H3. The van der Waals surface area contributed by atoms with Crippen LogP contribution in [0, 0.1) is 11.3 Å². The van der Waals surface area contributed by atoms with Crippen molar-refractivity contribution in [2.75, 3.05) is 25.9 Å². The van der Waals surface area contributed by atoms with E-state index in [0.717, 1.165) is 32.2 Å². The molecule has 0 saturated carbocycles. The van der Waals surface area contributed by atoms with Gasteiger partial charge in [0.1, 0.15) is 0 Å². The molecule has 1 heterocycles. The highest BCUT2D eigenvalue weighted by Gasteiger charge is 2.30. The summed E-state index contributed by atoms with van der Waals surface area (Å²) in [7, 11) is -3.03. The van der Waals surface area contributed by atoms with Gasteiger partial charge in [-0.3, -0.25) is 0 Å². The fourth-order valence-corrected chi connectivity index (χ4v) is 4.10. The molecule has 0 amide bonds. The van der Waals surface area contributed by atoms with Gasteiger partial charge < -0.3 is 5.32 Å². The molecule has 0 bridgehead atoms. The topological polar surface area (TPSA) is 49.4 Å². The maximum Gasteiger partial charge on any atom is 0.211 e. The summed E-state index contributed by atoms with van der Waals surface area (Å²) in [5, 5.41) is 3.54. The Bertz CT molecular complexity index is 424. The second kappa shape index (κ2) is 6.97. The van der Waals surface area contributed by atoms with Gasteiger partial charge in [0.05, 0.1) is 6.26 Å². The van der Waals surface area contributed by atoms with Crippen molar-refractivity contribution in [3.8, 4) is 0 Å². The first kappa shape index (κ1) is 18.9. The van der Waals surface area contributed by atoms with Gasteiger partial charge in [-0.15, -0.1) is 0 Å². The molecular formula is C16H34N2O2S. The molecular weight excluding hydrogens is 284 g/mol. The highest BCUT2D eigenvalue weighted by atomic mass is 32.2. The van der Waals surface area contributed by atoms with Gasteiger partial charge in [0.15, 0.2) is 0 Å². The van der Waals surface area contributed by atoms with Crippen LogP contribution >= 0.6 is 0 Å². The van der Waals surface area contributed by atoms with Crippen molar-refractivity contribution in [2.45, 2.75) is 65.8 Å². The molecule has 0 aromatic carbocycles. The quantitative estimate of drug-likeness (QED) is 0.819. The Balaban J connectivity index is 2.47. The van der Waals surface area contributed by atoms with Gasteiger partial charge in [-0.2, -0.15) is 0 Å². The van der Waals surface area contributed by atoms with Crippen LogP contribution in [0.3, 0.4) is 0 Å². The first-order valence-electron chi connectivity index (χ1n) is 8.09. The number of piperidine rings is 1. The SMILES string of the molecule is CC(C)(CCNC(C)(C)C)CC1CCCN(S(C)(=O)=O)C1. The lowest BCUT2D eigenvalue weighted by molar-refractivity contribution is 0.178. The molecule has 1 aliphatic rings. The molecule has 0 aromatic heterocycles. The summed E-state index contributed by atoms with van der Waals surface area (Å²) in [6, 6.07) is 0. The van der Waals surface area contributed by atoms with Crippen molar-refractivity contribution in [1.82, 2.24) is 9.62 Å². The zero-order chi connectivity index (χ0) is 16.3. The van der Waals surface area contributed by atoms with Gasteiger partial charge in [-0.05, 0) is 64.3 Å². The summed E-state index contributed by atoms with van der Waals surface area (Å²) >= 11 is 0. The summed E-state index contributed by atoms with van der Waals surface area (Å²) in [5.41, 5.74) is 0.414. The van der Waals surface area contributed by atoms with E-state index in [4.69, 9.17) is 0 Å². The largest absolute Gasteiger partial charge is 0.312 e. The molecule has 1 aliphatic heterocycles. The van der Waals surface area contributed by atoms with E-state index in [0.29, 0.717) is 19.0 Å². The van der Waals surface area contributed by atoms with Gasteiger partial charge in [-0.25, -0.2) is 12.7 Å². The van der Waals surface area contributed by atoms with Crippen molar-refractivity contribution >= 4 is 10.0 Å². The molecule has 1 fully saturated rings. The number of sulfonamides is 1. The Labute approximate surface area is 131 Å². The minimum absolute atomic E-state index is 0.161. The summed E-state index contributed by atoms with van der Waals surface area (Å²) < 4.78 is 25.0. The Kier molecular flexibility index (Phi) is 6.28. The van der Waals surface area contributed by atoms with Crippen LogP contribution < -0.4 is 5.32 Å². The molecule has 4 nitrogen and oxygen atoms in total. The van der Waals surface area contributed by atoms with Crippen LogP contribution in [0.15, 0.2) is 0 Å². The van der Waals surface area contributed by atoms with Gasteiger partial charge in [0, 0.05) is 18.6 Å². The summed E-state index contributed by atoms with van der Waals surface area (Å²) in [4.78, 5) is 0. The molecule has 1 atom stereocenters. The van der Waals surface area contributed by atoms with Crippen LogP contribution in [-0.2, 0) is 10.0 Å². The molecule has 126 valence electrons. The number of rotatable bonds is 6. The van der Waals surface area contributed by atoms with Crippen molar-refractivity contribution in [1.29, 1.82) is 0 Å². The van der Waals surface area contributed by atoms with Crippen LogP contribution in [-0.4, -0.2) is 44.2 Å².